The van der Waals surface area contributed by atoms with Gasteiger partial charge in [-0.25, -0.2) is 0 Å². The molecule has 0 amide bonds. The van der Waals surface area contributed by atoms with E-state index < -0.39 is 11.6 Å². The van der Waals surface area contributed by atoms with E-state index in [4.69, 9.17) is 9.47 Å². The fourth-order valence-corrected chi connectivity index (χ4v) is 6.83. The fraction of sp³-hybridized carbons (Fsp3) is 0.567. The van der Waals surface area contributed by atoms with Crippen LogP contribution >= 0.6 is 0 Å². The first-order chi connectivity index (χ1) is 16.5. The highest BCUT2D eigenvalue weighted by Crippen LogP contribution is 2.62. The van der Waals surface area contributed by atoms with Gasteiger partial charge in [-0.1, -0.05) is 63.3 Å². The average molecular weight is 479 g/mol. The lowest BCUT2D eigenvalue weighted by molar-refractivity contribution is -0.167. The molecule has 0 saturated heterocycles. The first-order valence-electron chi connectivity index (χ1n) is 12.8. The van der Waals surface area contributed by atoms with Gasteiger partial charge < -0.3 is 9.47 Å². The molecule has 2 saturated carbocycles. The number of hydrogen-bond acceptors (Lipinski definition) is 5. The molecule has 0 N–H and O–H groups in total. The molecule has 0 heterocycles. The van der Waals surface area contributed by atoms with Crippen molar-refractivity contribution in [1.29, 1.82) is 0 Å². The van der Waals surface area contributed by atoms with Crippen molar-refractivity contribution in [2.75, 3.05) is 6.61 Å². The number of hydrogen-bond donors (Lipinski definition) is 0. The molecular weight excluding hydrogens is 440 g/mol. The molecule has 0 spiro atoms. The summed E-state index contributed by atoms with van der Waals surface area (Å²) in [5, 5.41) is 0. The zero-order chi connectivity index (χ0) is 25.5. The summed E-state index contributed by atoms with van der Waals surface area (Å²) in [5.41, 5.74) is 1.61. The Morgan fingerprint density at radius 1 is 1.03 bits per heavy atom. The quantitative estimate of drug-likeness (QED) is 0.404. The maximum Gasteiger partial charge on any atom is 0.303 e. The standard InChI is InChI=1S/C30H38O5/c1-18-14-25-24(29(25,5)6)13-12-22(17-34-20(3)31)15-26-27(23-10-8-7-9-11-23)19(2)16-30(26,28(18)33)35-21(4)32/h7-11,14-15,19,24-27H,12-13,16-17H2,1-6H3/b18-14+,22-15-/t19-,24-,25+,26-,27+,30+/m0/s1. The minimum atomic E-state index is -1.29. The van der Waals surface area contributed by atoms with Crippen LogP contribution in [0.15, 0.2) is 53.6 Å². The van der Waals surface area contributed by atoms with E-state index in [2.05, 4.69) is 45.1 Å². The highest BCUT2D eigenvalue weighted by Gasteiger charge is 2.60. The van der Waals surface area contributed by atoms with E-state index in [-0.39, 0.29) is 41.5 Å². The highest BCUT2D eigenvalue weighted by molar-refractivity contribution is 6.03. The summed E-state index contributed by atoms with van der Waals surface area (Å²) >= 11 is 0. The number of carbonyl (C=O) groups is 3. The summed E-state index contributed by atoms with van der Waals surface area (Å²) in [5.74, 6) is -0.379. The number of esters is 2. The lowest BCUT2D eigenvalue weighted by atomic mass is 9.76. The molecule has 3 aliphatic rings. The van der Waals surface area contributed by atoms with E-state index in [1.54, 1.807) is 0 Å². The number of ether oxygens (including phenoxy) is 2. The monoisotopic (exact) mass is 478 g/mol. The summed E-state index contributed by atoms with van der Waals surface area (Å²) in [4.78, 5) is 38.4. The van der Waals surface area contributed by atoms with Gasteiger partial charge in [-0.15, -0.1) is 0 Å². The van der Waals surface area contributed by atoms with Gasteiger partial charge in [-0.05, 0) is 72.0 Å². The van der Waals surface area contributed by atoms with Crippen LogP contribution in [0.3, 0.4) is 0 Å². The van der Waals surface area contributed by atoms with Gasteiger partial charge in [0.1, 0.15) is 6.61 Å². The maximum absolute atomic E-state index is 14.2. The van der Waals surface area contributed by atoms with Crippen molar-refractivity contribution in [2.24, 2.45) is 29.1 Å². The third kappa shape index (κ3) is 4.74. The molecule has 0 aromatic heterocycles. The number of benzene rings is 1. The van der Waals surface area contributed by atoms with Crippen molar-refractivity contribution in [2.45, 2.75) is 72.3 Å². The number of ketones is 1. The van der Waals surface area contributed by atoms with Gasteiger partial charge >= 0.3 is 11.9 Å². The Morgan fingerprint density at radius 2 is 1.71 bits per heavy atom. The molecular formula is C30H38O5. The van der Waals surface area contributed by atoms with Gasteiger partial charge in [0.05, 0.1) is 0 Å². The van der Waals surface area contributed by atoms with E-state index in [1.807, 2.05) is 25.1 Å². The molecule has 1 aromatic rings. The predicted octanol–water partition coefficient (Wildman–Crippen LogP) is 5.80. The second-order valence-corrected chi connectivity index (χ2v) is 11.4. The summed E-state index contributed by atoms with van der Waals surface area (Å²) in [6.45, 7) is 11.5. The average Bonchev–Trinajstić information content (AvgIpc) is 3.17. The Labute approximate surface area is 209 Å². The zero-order valence-corrected chi connectivity index (χ0v) is 21.8. The molecule has 35 heavy (non-hydrogen) atoms. The van der Waals surface area contributed by atoms with Gasteiger partial charge in [0, 0.05) is 19.8 Å². The largest absolute Gasteiger partial charge is 0.461 e. The molecule has 5 heteroatoms. The first-order valence-corrected chi connectivity index (χ1v) is 12.8. The predicted molar refractivity (Wildman–Crippen MR) is 134 cm³/mol. The van der Waals surface area contributed by atoms with Crippen LogP contribution in [0.25, 0.3) is 0 Å². The molecule has 3 aliphatic carbocycles. The molecule has 1 aromatic carbocycles. The van der Waals surface area contributed by atoms with E-state index in [9.17, 15) is 14.4 Å². The van der Waals surface area contributed by atoms with Crippen molar-refractivity contribution in [1.82, 2.24) is 0 Å². The van der Waals surface area contributed by atoms with Crippen LogP contribution in [0.2, 0.25) is 0 Å². The SMILES string of the molecule is CC(=O)OC/C1=C\[C@H]2[C@@H](c3ccccc3)[C@@H](C)C[C@]2(OC(C)=O)C(=O)/C(C)=C/[C@@H]2[C@H](CC1)C2(C)C. The van der Waals surface area contributed by atoms with Crippen molar-refractivity contribution < 1.29 is 23.9 Å². The van der Waals surface area contributed by atoms with Crippen LogP contribution in [-0.2, 0) is 23.9 Å². The molecule has 188 valence electrons. The molecule has 5 nitrogen and oxygen atoms in total. The minimum absolute atomic E-state index is 0.00800. The van der Waals surface area contributed by atoms with Crippen molar-refractivity contribution in [3.8, 4) is 0 Å². The second kappa shape index (κ2) is 9.40. The topological polar surface area (TPSA) is 69.7 Å². The summed E-state index contributed by atoms with van der Waals surface area (Å²) < 4.78 is 11.5. The van der Waals surface area contributed by atoms with Gasteiger partial charge in [-0.3, -0.25) is 14.4 Å². The van der Waals surface area contributed by atoms with Crippen molar-refractivity contribution in [3.63, 3.8) is 0 Å². The highest BCUT2D eigenvalue weighted by atomic mass is 16.6. The Balaban J connectivity index is 1.89. The van der Waals surface area contributed by atoms with E-state index in [1.165, 1.54) is 13.8 Å². The van der Waals surface area contributed by atoms with Crippen LogP contribution < -0.4 is 0 Å². The molecule has 0 bridgehead atoms. The van der Waals surface area contributed by atoms with Gasteiger partial charge in [-0.2, -0.15) is 0 Å². The number of carbonyl (C=O) groups excluding carboxylic acids is 3. The Bertz CT molecular complexity index is 1070. The zero-order valence-electron chi connectivity index (χ0n) is 21.8. The summed E-state index contributed by atoms with van der Waals surface area (Å²) in [6, 6.07) is 10.2. The van der Waals surface area contributed by atoms with Gasteiger partial charge in [0.2, 0.25) is 5.78 Å². The van der Waals surface area contributed by atoms with E-state index in [0.717, 1.165) is 24.0 Å². The normalized spacial score (nSPS) is 36.9. The van der Waals surface area contributed by atoms with Crippen LogP contribution in [0.1, 0.15) is 72.3 Å². The second-order valence-electron chi connectivity index (χ2n) is 11.4. The number of Topliss-reactive ketones (excluding diaryl/α,β-unsaturated/α-hetero) is 1. The fourth-order valence-electron chi connectivity index (χ4n) is 6.83. The Morgan fingerprint density at radius 3 is 2.34 bits per heavy atom. The number of fused-ring (bicyclic) bond motifs is 2. The Hall–Kier alpha value is -2.69. The number of allylic oxidation sites excluding steroid dienone is 1. The van der Waals surface area contributed by atoms with Gasteiger partial charge in [0.15, 0.2) is 5.60 Å². The molecule has 6 atom stereocenters. The van der Waals surface area contributed by atoms with E-state index >= 15 is 0 Å². The third-order valence-electron chi connectivity index (χ3n) is 8.64. The van der Waals surface area contributed by atoms with Crippen LogP contribution in [0.5, 0.6) is 0 Å². The molecule has 0 unspecified atom stereocenters. The van der Waals surface area contributed by atoms with Gasteiger partial charge in [0.25, 0.3) is 0 Å². The van der Waals surface area contributed by atoms with Crippen molar-refractivity contribution in [3.05, 3.63) is 59.2 Å². The maximum atomic E-state index is 14.2. The minimum Gasteiger partial charge on any atom is -0.461 e. The third-order valence-corrected chi connectivity index (χ3v) is 8.64. The number of rotatable bonds is 4. The summed E-state index contributed by atoms with van der Waals surface area (Å²) in [6.07, 6.45) is 6.42. The smallest absolute Gasteiger partial charge is 0.303 e. The molecule has 2 fully saturated rings. The van der Waals surface area contributed by atoms with E-state index in [0.29, 0.717) is 23.8 Å². The van der Waals surface area contributed by atoms with Crippen LogP contribution in [0.4, 0.5) is 0 Å². The van der Waals surface area contributed by atoms with Crippen LogP contribution in [0, 0.1) is 29.1 Å². The lowest BCUT2D eigenvalue weighted by Crippen LogP contribution is -2.47. The van der Waals surface area contributed by atoms with Crippen LogP contribution in [-0.4, -0.2) is 29.9 Å². The molecule has 4 rings (SSSR count). The lowest BCUT2D eigenvalue weighted by Gasteiger charge is -2.35. The first kappa shape index (κ1) is 25.4. The summed E-state index contributed by atoms with van der Waals surface area (Å²) in [7, 11) is 0. The molecule has 0 radical (unpaired) electrons. The van der Waals surface area contributed by atoms with Crippen molar-refractivity contribution >= 4 is 17.7 Å². The molecule has 0 aliphatic heterocycles. The Kier molecular flexibility index (Phi) is 6.82.